The van der Waals surface area contributed by atoms with Crippen LogP contribution in [0.2, 0.25) is 0 Å². The molecule has 0 fully saturated rings. The standard InChI is InChI=1S/C8H3BrF2N2O2S/c9-2-1-3(10)4(11)6-5(2)12-7(16-6)13-8(14)15/h1H,(H,12,13)(H,14,15). The normalized spacial score (nSPS) is 10.7. The summed E-state index contributed by atoms with van der Waals surface area (Å²) in [6.45, 7) is 0. The van der Waals surface area contributed by atoms with Crippen molar-refractivity contribution in [2.24, 2.45) is 0 Å². The summed E-state index contributed by atoms with van der Waals surface area (Å²) in [5.74, 6) is -2.04. The van der Waals surface area contributed by atoms with Crippen molar-refractivity contribution in [2.45, 2.75) is 0 Å². The first-order chi connectivity index (χ1) is 7.49. The number of hydrogen-bond acceptors (Lipinski definition) is 3. The second-order valence-corrected chi connectivity index (χ2v) is 4.63. The lowest BCUT2D eigenvalue weighted by molar-refractivity contribution is 0.210. The van der Waals surface area contributed by atoms with Gasteiger partial charge in [-0.05, 0) is 22.0 Å². The molecule has 2 N–H and O–H groups in total. The lowest BCUT2D eigenvalue weighted by atomic mass is 10.3. The first kappa shape index (κ1) is 11.2. The molecule has 0 saturated carbocycles. The van der Waals surface area contributed by atoms with Gasteiger partial charge in [-0.1, -0.05) is 11.3 Å². The van der Waals surface area contributed by atoms with E-state index < -0.39 is 17.7 Å². The molecule has 4 nitrogen and oxygen atoms in total. The molecule has 0 atom stereocenters. The molecule has 0 aliphatic heterocycles. The SMILES string of the molecule is O=C(O)Nc1nc2c(Br)cc(F)c(F)c2s1. The Balaban J connectivity index is 2.65. The number of benzene rings is 1. The first-order valence-corrected chi connectivity index (χ1v) is 5.54. The number of carboxylic acid groups (broad SMARTS) is 1. The summed E-state index contributed by atoms with van der Waals surface area (Å²) >= 11 is 3.76. The van der Waals surface area contributed by atoms with Crippen molar-refractivity contribution in [3.8, 4) is 0 Å². The Morgan fingerprint density at radius 3 is 2.88 bits per heavy atom. The summed E-state index contributed by atoms with van der Waals surface area (Å²) in [6.07, 6.45) is -1.31. The monoisotopic (exact) mass is 308 g/mol. The second kappa shape index (κ2) is 3.95. The van der Waals surface area contributed by atoms with Crippen LogP contribution in [0.3, 0.4) is 0 Å². The maximum absolute atomic E-state index is 13.3. The molecular formula is C8H3BrF2N2O2S. The fraction of sp³-hybridized carbons (Fsp3) is 0. The molecule has 0 aliphatic carbocycles. The molecule has 0 unspecified atom stereocenters. The van der Waals surface area contributed by atoms with Gasteiger partial charge in [-0.15, -0.1) is 0 Å². The van der Waals surface area contributed by atoms with Crippen LogP contribution in [0.1, 0.15) is 0 Å². The third kappa shape index (κ3) is 1.85. The summed E-state index contributed by atoms with van der Waals surface area (Å²) in [6, 6.07) is 0.946. The minimum Gasteiger partial charge on any atom is -0.465 e. The highest BCUT2D eigenvalue weighted by Crippen LogP contribution is 2.34. The van der Waals surface area contributed by atoms with Crippen molar-refractivity contribution < 1.29 is 18.7 Å². The molecule has 1 heterocycles. The van der Waals surface area contributed by atoms with Crippen LogP contribution in [0, 0.1) is 11.6 Å². The van der Waals surface area contributed by atoms with E-state index in [0.29, 0.717) is 0 Å². The largest absolute Gasteiger partial charge is 0.465 e. The summed E-state index contributed by atoms with van der Waals surface area (Å²) in [4.78, 5) is 14.2. The van der Waals surface area contributed by atoms with Crippen molar-refractivity contribution in [1.82, 2.24) is 4.98 Å². The third-order valence-corrected chi connectivity index (χ3v) is 3.30. The summed E-state index contributed by atoms with van der Waals surface area (Å²) in [7, 11) is 0. The Hall–Kier alpha value is -1.28. The predicted octanol–water partition coefficient (Wildman–Crippen LogP) is 3.43. The number of nitrogens with zero attached hydrogens (tertiary/aromatic N) is 1. The number of anilines is 1. The average Bonchev–Trinajstić information content (AvgIpc) is 2.58. The van der Waals surface area contributed by atoms with Crippen LogP contribution in [0.15, 0.2) is 10.5 Å². The van der Waals surface area contributed by atoms with E-state index in [0.717, 1.165) is 17.4 Å². The van der Waals surface area contributed by atoms with Gasteiger partial charge in [-0.3, -0.25) is 5.32 Å². The molecule has 0 spiro atoms. The van der Waals surface area contributed by atoms with Crippen molar-refractivity contribution in [3.63, 3.8) is 0 Å². The van der Waals surface area contributed by atoms with Gasteiger partial charge in [0.05, 0.1) is 4.70 Å². The molecule has 1 aromatic carbocycles. The zero-order chi connectivity index (χ0) is 11.9. The number of nitrogens with one attached hydrogen (secondary N) is 1. The van der Waals surface area contributed by atoms with Gasteiger partial charge in [-0.25, -0.2) is 18.6 Å². The molecular weight excluding hydrogens is 306 g/mol. The van der Waals surface area contributed by atoms with E-state index in [1.165, 1.54) is 0 Å². The van der Waals surface area contributed by atoms with E-state index in [-0.39, 0.29) is 19.8 Å². The van der Waals surface area contributed by atoms with Crippen LogP contribution < -0.4 is 5.32 Å². The number of thiazole rings is 1. The maximum Gasteiger partial charge on any atom is 0.410 e. The van der Waals surface area contributed by atoms with Crippen LogP contribution in [0.5, 0.6) is 0 Å². The minimum atomic E-state index is -1.31. The molecule has 16 heavy (non-hydrogen) atoms. The summed E-state index contributed by atoms with van der Waals surface area (Å²) < 4.78 is 26.6. The summed E-state index contributed by atoms with van der Waals surface area (Å²) in [5, 5.41) is 10.4. The van der Waals surface area contributed by atoms with Gasteiger partial charge in [-0.2, -0.15) is 0 Å². The van der Waals surface area contributed by atoms with E-state index in [4.69, 9.17) is 5.11 Å². The van der Waals surface area contributed by atoms with Gasteiger partial charge in [0, 0.05) is 4.47 Å². The number of carbonyl (C=O) groups is 1. The topological polar surface area (TPSA) is 62.2 Å². The lowest BCUT2D eigenvalue weighted by Crippen LogP contribution is -2.06. The van der Waals surface area contributed by atoms with Crippen LogP contribution in [-0.4, -0.2) is 16.2 Å². The average molecular weight is 309 g/mol. The van der Waals surface area contributed by atoms with Crippen molar-refractivity contribution in [3.05, 3.63) is 22.2 Å². The van der Waals surface area contributed by atoms with Gasteiger partial charge >= 0.3 is 6.09 Å². The number of rotatable bonds is 1. The predicted molar refractivity (Wildman–Crippen MR) is 58.9 cm³/mol. The van der Waals surface area contributed by atoms with Gasteiger partial charge < -0.3 is 5.11 Å². The highest BCUT2D eigenvalue weighted by molar-refractivity contribution is 9.10. The molecule has 1 amide bonds. The Morgan fingerprint density at radius 2 is 2.25 bits per heavy atom. The van der Waals surface area contributed by atoms with E-state index in [9.17, 15) is 13.6 Å². The van der Waals surface area contributed by atoms with Crippen molar-refractivity contribution >= 4 is 48.7 Å². The molecule has 8 heteroatoms. The van der Waals surface area contributed by atoms with Gasteiger partial charge in [0.25, 0.3) is 0 Å². The Labute approximate surface area is 100 Å². The number of amides is 1. The van der Waals surface area contributed by atoms with Crippen LogP contribution in [0.4, 0.5) is 18.7 Å². The quantitative estimate of drug-likeness (QED) is 0.793. The third-order valence-electron chi connectivity index (χ3n) is 1.73. The second-order valence-electron chi connectivity index (χ2n) is 2.78. The molecule has 0 bridgehead atoms. The van der Waals surface area contributed by atoms with Crippen molar-refractivity contribution in [2.75, 3.05) is 5.32 Å². The summed E-state index contributed by atoms with van der Waals surface area (Å²) in [5.41, 5.74) is 0.188. The van der Waals surface area contributed by atoms with E-state index >= 15 is 0 Å². The zero-order valence-electron chi connectivity index (χ0n) is 7.42. The zero-order valence-corrected chi connectivity index (χ0v) is 9.82. The Morgan fingerprint density at radius 1 is 1.56 bits per heavy atom. The molecule has 0 saturated heterocycles. The molecule has 0 radical (unpaired) electrons. The van der Waals surface area contributed by atoms with Gasteiger partial charge in [0.1, 0.15) is 5.52 Å². The molecule has 2 rings (SSSR count). The smallest absolute Gasteiger partial charge is 0.410 e. The van der Waals surface area contributed by atoms with E-state index in [1.807, 2.05) is 5.32 Å². The van der Waals surface area contributed by atoms with E-state index in [2.05, 4.69) is 20.9 Å². The van der Waals surface area contributed by atoms with Gasteiger partial charge in [0.15, 0.2) is 16.8 Å². The number of fused-ring (bicyclic) bond motifs is 1. The van der Waals surface area contributed by atoms with Crippen LogP contribution in [-0.2, 0) is 0 Å². The van der Waals surface area contributed by atoms with Crippen LogP contribution in [0.25, 0.3) is 10.2 Å². The maximum atomic E-state index is 13.3. The van der Waals surface area contributed by atoms with Gasteiger partial charge in [0.2, 0.25) is 0 Å². The Bertz CT molecular complexity index is 587. The molecule has 2 aromatic rings. The lowest BCUT2D eigenvalue weighted by Gasteiger charge is -1.95. The van der Waals surface area contributed by atoms with Crippen LogP contribution >= 0.6 is 27.3 Å². The fourth-order valence-electron chi connectivity index (χ4n) is 1.13. The number of hydrogen-bond donors (Lipinski definition) is 2. The molecule has 0 aliphatic rings. The minimum absolute atomic E-state index is 0.00676. The Kier molecular flexibility index (Phi) is 2.76. The van der Waals surface area contributed by atoms with E-state index in [1.54, 1.807) is 0 Å². The molecule has 84 valence electrons. The first-order valence-electron chi connectivity index (χ1n) is 3.93. The fourth-order valence-corrected chi connectivity index (χ4v) is 2.65. The molecule has 1 aromatic heterocycles. The highest BCUT2D eigenvalue weighted by atomic mass is 79.9. The highest BCUT2D eigenvalue weighted by Gasteiger charge is 2.16. The van der Waals surface area contributed by atoms with Crippen molar-refractivity contribution in [1.29, 1.82) is 0 Å². The number of aromatic nitrogens is 1. The number of halogens is 3.